The Balaban J connectivity index is 2.01. The standard InChI is InChI=1S/C14H18N4O2/c1-10-11(2)18(9-16-10)7-8-20-13-6-4-3-5-12(13)14(19)17-15/h3-6,9H,7-8,15H2,1-2H3,(H,17,19). The van der Waals surface area contributed by atoms with Crippen molar-refractivity contribution in [1.82, 2.24) is 15.0 Å². The number of aryl methyl sites for hydroxylation is 1. The predicted molar refractivity (Wildman–Crippen MR) is 75.3 cm³/mol. The third-order valence-electron chi connectivity index (χ3n) is 3.20. The molecule has 0 saturated carbocycles. The molecule has 6 heteroatoms. The number of imidazole rings is 1. The van der Waals surface area contributed by atoms with E-state index < -0.39 is 0 Å². The molecule has 1 amide bonds. The van der Waals surface area contributed by atoms with Crippen LogP contribution in [0.25, 0.3) is 0 Å². The van der Waals surface area contributed by atoms with Crippen molar-refractivity contribution in [2.75, 3.05) is 6.61 Å². The normalized spacial score (nSPS) is 10.3. The second-order valence-electron chi connectivity index (χ2n) is 4.43. The van der Waals surface area contributed by atoms with Crippen molar-refractivity contribution in [3.05, 3.63) is 47.5 Å². The highest BCUT2D eigenvalue weighted by Crippen LogP contribution is 2.17. The summed E-state index contributed by atoms with van der Waals surface area (Å²) in [6.07, 6.45) is 1.78. The quantitative estimate of drug-likeness (QED) is 0.487. The molecule has 0 fully saturated rings. The number of aromatic nitrogens is 2. The van der Waals surface area contributed by atoms with E-state index in [9.17, 15) is 4.79 Å². The van der Waals surface area contributed by atoms with Gasteiger partial charge in [0.2, 0.25) is 0 Å². The van der Waals surface area contributed by atoms with Gasteiger partial charge >= 0.3 is 0 Å². The SMILES string of the molecule is Cc1ncn(CCOc2ccccc2C(=O)NN)c1C. The summed E-state index contributed by atoms with van der Waals surface area (Å²) in [4.78, 5) is 15.8. The van der Waals surface area contributed by atoms with Crippen LogP contribution in [0.4, 0.5) is 0 Å². The largest absolute Gasteiger partial charge is 0.491 e. The van der Waals surface area contributed by atoms with Crippen LogP contribution in [0.5, 0.6) is 5.75 Å². The number of nitrogens with two attached hydrogens (primary N) is 1. The van der Waals surface area contributed by atoms with E-state index in [1.165, 1.54) is 0 Å². The third kappa shape index (κ3) is 2.97. The van der Waals surface area contributed by atoms with Crippen LogP contribution in [0, 0.1) is 13.8 Å². The molecule has 0 spiro atoms. The number of hydrazine groups is 1. The molecule has 0 aliphatic rings. The molecule has 0 aliphatic carbocycles. The zero-order valence-corrected chi connectivity index (χ0v) is 11.6. The van der Waals surface area contributed by atoms with Crippen molar-refractivity contribution in [3.63, 3.8) is 0 Å². The van der Waals surface area contributed by atoms with E-state index in [1.54, 1.807) is 24.5 Å². The molecule has 106 valence electrons. The minimum Gasteiger partial charge on any atom is -0.491 e. The second kappa shape index (κ2) is 6.21. The fraction of sp³-hybridized carbons (Fsp3) is 0.286. The molecule has 0 bridgehead atoms. The van der Waals surface area contributed by atoms with E-state index in [1.807, 2.05) is 24.5 Å². The fourth-order valence-electron chi connectivity index (χ4n) is 1.88. The van der Waals surface area contributed by atoms with Gasteiger partial charge < -0.3 is 9.30 Å². The number of para-hydroxylation sites is 1. The molecule has 1 heterocycles. The van der Waals surface area contributed by atoms with Gasteiger partial charge in [0.25, 0.3) is 5.91 Å². The number of carbonyl (C=O) groups excluding carboxylic acids is 1. The topological polar surface area (TPSA) is 82.2 Å². The van der Waals surface area contributed by atoms with Crippen molar-refractivity contribution in [2.24, 2.45) is 5.84 Å². The Morgan fingerprint density at radius 1 is 1.40 bits per heavy atom. The first-order valence-corrected chi connectivity index (χ1v) is 6.34. The summed E-state index contributed by atoms with van der Waals surface area (Å²) in [7, 11) is 0. The average molecular weight is 274 g/mol. The van der Waals surface area contributed by atoms with Crippen LogP contribution in [0.2, 0.25) is 0 Å². The first-order chi connectivity index (χ1) is 9.63. The van der Waals surface area contributed by atoms with Crippen molar-refractivity contribution in [1.29, 1.82) is 0 Å². The van der Waals surface area contributed by atoms with Crippen molar-refractivity contribution in [3.8, 4) is 5.75 Å². The summed E-state index contributed by atoms with van der Waals surface area (Å²) < 4.78 is 7.68. The number of hydrogen-bond acceptors (Lipinski definition) is 4. The Morgan fingerprint density at radius 2 is 2.15 bits per heavy atom. The van der Waals surface area contributed by atoms with Crippen LogP contribution >= 0.6 is 0 Å². The fourth-order valence-corrected chi connectivity index (χ4v) is 1.88. The number of hydrogen-bond donors (Lipinski definition) is 2. The summed E-state index contributed by atoms with van der Waals surface area (Å²) in [5.41, 5.74) is 4.65. The van der Waals surface area contributed by atoms with E-state index in [-0.39, 0.29) is 5.91 Å². The first-order valence-electron chi connectivity index (χ1n) is 6.34. The van der Waals surface area contributed by atoms with E-state index in [0.29, 0.717) is 24.5 Å². The number of benzene rings is 1. The summed E-state index contributed by atoms with van der Waals surface area (Å²) in [6.45, 7) is 5.10. The number of ether oxygens (including phenoxy) is 1. The number of nitrogens with zero attached hydrogens (tertiary/aromatic N) is 2. The molecule has 0 saturated heterocycles. The molecule has 0 radical (unpaired) electrons. The molecular formula is C14H18N4O2. The lowest BCUT2D eigenvalue weighted by atomic mass is 10.2. The summed E-state index contributed by atoms with van der Waals surface area (Å²) in [5, 5.41) is 0. The maximum atomic E-state index is 11.6. The van der Waals surface area contributed by atoms with Gasteiger partial charge in [0.1, 0.15) is 12.4 Å². The van der Waals surface area contributed by atoms with Gasteiger partial charge in [-0.15, -0.1) is 0 Å². The third-order valence-corrected chi connectivity index (χ3v) is 3.20. The van der Waals surface area contributed by atoms with Gasteiger partial charge in [-0.25, -0.2) is 10.8 Å². The lowest BCUT2D eigenvalue weighted by Gasteiger charge is -2.11. The highest BCUT2D eigenvalue weighted by atomic mass is 16.5. The second-order valence-corrected chi connectivity index (χ2v) is 4.43. The highest BCUT2D eigenvalue weighted by Gasteiger charge is 2.10. The summed E-state index contributed by atoms with van der Waals surface area (Å²) >= 11 is 0. The zero-order valence-electron chi connectivity index (χ0n) is 11.6. The van der Waals surface area contributed by atoms with Crippen LogP contribution in [-0.4, -0.2) is 22.1 Å². The van der Waals surface area contributed by atoms with Crippen molar-refractivity contribution >= 4 is 5.91 Å². The van der Waals surface area contributed by atoms with E-state index in [4.69, 9.17) is 10.6 Å². The first kappa shape index (κ1) is 14.1. The molecule has 2 rings (SSSR count). The molecule has 1 aromatic heterocycles. The Bertz CT molecular complexity index is 607. The Morgan fingerprint density at radius 3 is 2.80 bits per heavy atom. The van der Waals surface area contributed by atoms with Crippen molar-refractivity contribution < 1.29 is 9.53 Å². The lowest BCUT2D eigenvalue weighted by molar-refractivity contribution is 0.0949. The molecular weight excluding hydrogens is 256 g/mol. The molecule has 0 unspecified atom stereocenters. The van der Waals surface area contributed by atoms with Crippen LogP contribution < -0.4 is 16.0 Å². The summed E-state index contributed by atoms with van der Waals surface area (Å²) in [5.74, 6) is 5.30. The number of rotatable bonds is 5. The van der Waals surface area contributed by atoms with Gasteiger partial charge in [-0.2, -0.15) is 0 Å². The van der Waals surface area contributed by atoms with E-state index in [2.05, 4.69) is 10.4 Å². The minimum atomic E-state index is -0.366. The molecule has 20 heavy (non-hydrogen) atoms. The number of nitrogens with one attached hydrogen (secondary N) is 1. The van der Waals surface area contributed by atoms with Crippen LogP contribution in [0.15, 0.2) is 30.6 Å². The molecule has 0 aliphatic heterocycles. The Labute approximate surface area is 117 Å². The summed E-state index contributed by atoms with van der Waals surface area (Å²) in [6, 6.07) is 7.00. The van der Waals surface area contributed by atoms with Crippen molar-refractivity contribution in [2.45, 2.75) is 20.4 Å². The van der Waals surface area contributed by atoms with Gasteiger partial charge in [-0.05, 0) is 26.0 Å². The van der Waals surface area contributed by atoms with E-state index >= 15 is 0 Å². The Kier molecular flexibility index (Phi) is 4.37. The van der Waals surface area contributed by atoms with Gasteiger partial charge in [0, 0.05) is 5.69 Å². The van der Waals surface area contributed by atoms with Crippen LogP contribution in [0.3, 0.4) is 0 Å². The molecule has 3 N–H and O–H groups in total. The van der Waals surface area contributed by atoms with Crippen LogP contribution in [-0.2, 0) is 6.54 Å². The molecule has 2 aromatic rings. The smallest absolute Gasteiger partial charge is 0.268 e. The number of amides is 1. The maximum Gasteiger partial charge on any atom is 0.268 e. The maximum absolute atomic E-state index is 11.6. The Hall–Kier alpha value is -2.34. The zero-order chi connectivity index (χ0) is 14.5. The molecule has 6 nitrogen and oxygen atoms in total. The van der Waals surface area contributed by atoms with Gasteiger partial charge in [0.15, 0.2) is 0 Å². The van der Waals surface area contributed by atoms with Crippen LogP contribution in [0.1, 0.15) is 21.7 Å². The average Bonchev–Trinajstić information content (AvgIpc) is 2.79. The minimum absolute atomic E-state index is 0.366. The number of carbonyl (C=O) groups is 1. The van der Waals surface area contributed by atoms with Gasteiger partial charge in [-0.1, -0.05) is 12.1 Å². The predicted octanol–water partition coefficient (Wildman–Crippen LogP) is 1.18. The lowest BCUT2D eigenvalue weighted by Crippen LogP contribution is -2.30. The number of nitrogen functional groups attached to an aromatic ring is 1. The van der Waals surface area contributed by atoms with Gasteiger partial charge in [-0.3, -0.25) is 10.2 Å². The monoisotopic (exact) mass is 274 g/mol. The molecule has 1 aromatic carbocycles. The van der Waals surface area contributed by atoms with Gasteiger partial charge in [0.05, 0.1) is 24.1 Å². The highest BCUT2D eigenvalue weighted by molar-refractivity contribution is 5.96. The molecule has 0 atom stereocenters. The van der Waals surface area contributed by atoms with E-state index in [0.717, 1.165) is 11.4 Å².